The number of halogens is 4. The molecule has 1 amide bonds. The van der Waals surface area contributed by atoms with Gasteiger partial charge in [0.2, 0.25) is 0 Å². The molecule has 4 rings (SSSR count). The Labute approximate surface area is 169 Å². The molecule has 0 spiro atoms. The van der Waals surface area contributed by atoms with Gasteiger partial charge in [0.25, 0.3) is 11.8 Å². The fraction of sp³-hybridized carbons (Fsp3) is 0.238. The number of alkyl halides is 2. The highest BCUT2D eigenvalue weighted by Gasteiger charge is 2.38. The molecule has 156 valence electrons. The van der Waals surface area contributed by atoms with Crippen LogP contribution in [0.2, 0.25) is 0 Å². The first kappa shape index (κ1) is 19.9. The first-order valence-corrected chi connectivity index (χ1v) is 9.13. The first-order valence-electron chi connectivity index (χ1n) is 9.13. The number of ether oxygens (including phenoxy) is 1. The molecule has 1 aliphatic heterocycles. The maximum absolute atomic E-state index is 14.3. The summed E-state index contributed by atoms with van der Waals surface area (Å²) in [7, 11) is 1.54. The molecule has 9 heteroatoms. The standard InChI is InChI=1S/C21H17F4N3O2/c1-11-8-18-13(21(24,25)6-7-30-18)9-12(11)17-10-16(27-28(17)2)20(29)26-19-14(22)4-3-5-15(19)23/h3-5,8-10H,6-7H2,1-2H3,(H,26,29). The number of aromatic nitrogens is 2. The normalized spacial score (nSPS) is 14.7. The van der Waals surface area contributed by atoms with Crippen LogP contribution < -0.4 is 10.1 Å². The quantitative estimate of drug-likeness (QED) is 0.621. The highest BCUT2D eigenvalue weighted by molar-refractivity contribution is 6.03. The average Bonchev–Trinajstić information content (AvgIpc) is 3.05. The second-order valence-electron chi connectivity index (χ2n) is 7.06. The van der Waals surface area contributed by atoms with E-state index in [2.05, 4.69) is 10.4 Å². The van der Waals surface area contributed by atoms with E-state index < -0.39 is 35.6 Å². The summed E-state index contributed by atoms with van der Waals surface area (Å²) >= 11 is 0. The molecule has 0 bridgehead atoms. The Balaban J connectivity index is 1.71. The number of amides is 1. The van der Waals surface area contributed by atoms with E-state index in [0.29, 0.717) is 16.8 Å². The number of carbonyl (C=O) groups excluding carboxylic acids is 1. The Morgan fingerprint density at radius 1 is 1.20 bits per heavy atom. The zero-order valence-corrected chi connectivity index (χ0v) is 16.1. The number of hydrogen-bond acceptors (Lipinski definition) is 3. The molecule has 5 nitrogen and oxygen atoms in total. The van der Waals surface area contributed by atoms with Crippen LogP contribution in [0, 0.1) is 18.6 Å². The monoisotopic (exact) mass is 419 g/mol. The summed E-state index contributed by atoms with van der Waals surface area (Å²) in [6.45, 7) is 1.66. The third-order valence-corrected chi connectivity index (χ3v) is 4.98. The molecule has 0 atom stereocenters. The number of para-hydroxylation sites is 1. The Kier molecular flexibility index (Phi) is 4.76. The summed E-state index contributed by atoms with van der Waals surface area (Å²) in [5.74, 6) is -5.58. The fourth-order valence-corrected chi connectivity index (χ4v) is 3.41. The summed E-state index contributed by atoms with van der Waals surface area (Å²) in [5, 5.41) is 6.23. The average molecular weight is 419 g/mol. The lowest BCUT2D eigenvalue weighted by atomic mass is 9.95. The third kappa shape index (κ3) is 3.40. The van der Waals surface area contributed by atoms with Gasteiger partial charge in [0, 0.05) is 12.6 Å². The lowest BCUT2D eigenvalue weighted by Gasteiger charge is -2.26. The minimum absolute atomic E-state index is 0.0680. The van der Waals surface area contributed by atoms with Crippen LogP contribution in [0.25, 0.3) is 11.3 Å². The molecular formula is C21H17F4N3O2. The minimum Gasteiger partial charge on any atom is -0.493 e. The van der Waals surface area contributed by atoms with Crippen molar-refractivity contribution in [2.45, 2.75) is 19.3 Å². The smallest absolute Gasteiger partial charge is 0.280 e. The Bertz CT molecular complexity index is 1140. The van der Waals surface area contributed by atoms with Gasteiger partial charge in [0.05, 0.1) is 24.3 Å². The molecular weight excluding hydrogens is 402 g/mol. The second-order valence-corrected chi connectivity index (χ2v) is 7.06. The molecule has 0 unspecified atom stereocenters. The summed E-state index contributed by atoms with van der Waals surface area (Å²) in [5.41, 5.74) is 0.573. The molecule has 0 saturated heterocycles. The van der Waals surface area contributed by atoms with Gasteiger partial charge >= 0.3 is 0 Å². The number of rotatable bonds is 3. The van der Waals surface area contributed by atoms with Crippen molar-refractivity contribution in [3.63, 3.8) is 0 Å². The fourth-order valence-electron chi connectivity index (χ4n) is 3.41. The van der Waals surface area contributed by atoms with Crippen molar-refractivity contribution in [1.82, 2.24) is 9.78 Å². The minimum atomic E-state index is -3.03. The van der Waals surface area contributed by atoms with E-state index in [1.807, 2.05) is 0 Å². The summed E-state index contributed by atoms with van der Waals surface area (Å²) in [4.78, 5) is 12.5. The number of fused-ring (bicyclic) bond motifs is 1. The van der Waals surface area contributed by atoms with Crippen LogP contribution in [0.15, 0.2) is 36.4 Å². The van der Waals surface area contributed by atoms with Crippen molar-refractivity contribution in [3.8, 4) is 17.0 Å². The van der Waals surface area contributed by atoms with E-state index in [0.717, 1.165) is 12.1 Å². The molecule has 1 aromatic heterocycles. The molecule has 0 radical (unpaired) electrons. The van der Waals surface area contributed by atoms with Crippen LogP contribution in [0.1, 0.15) is 28.0 Å². The van der Waals surface area contributed by atoms with Crippen LogP contribution in [-0.4, -0.2) is 22.3 Å². The number of anilines is 1. The van der Waals surface area contributed by atoms with Crippen LogP contribution >= 0.6 is 0 Å². The van der Waals surface area contributed by atoms with E-state index in [4.69, 9.17) is 4.74 Å². The van der Waals surface area contributed by atoms with Crippen molar-refractivity contribution in [1.29, 1.82) is 0 Å². The first-order chi connectivity index (χ1) is 14.2. The van der Waals surface area contributed by atoms with Crippen molar-refractivity contribution in [2.75, 3.05) is 11.9 Å². The largest absolute Gasteiger partial charge is 0.493 e. The van der Waals surface area contributed by atoms with Crippen molar-refractivity contribution < 1.29 is 27.1 Å². The van der Waals surface area contributed by atoms with Crippen molar-refractivity contribution in [3.05, 3.63) is 64.9 Å². The SMILES string of the molecule is Cc1cc2c(cc1-c1cc(C(=O)Nc3c(F)cccc3F)nn1C)C(F)(F)CCO2. The molecule has 0 aliphatic carbocycles. The van der Waals surface area contributed by atoms with Gasteiger partial charge in [-0.1, -0.05) is 6.07 Å². The Morgan fingerprint density at radius 2 is 1.90 bits per heavy atom. The molecule has 2 heterocycles. The van der Waals surface area contributed by atoms with E-state index in [-0.39, 0.29) is 23.6 Å². The molecule has 2 aromatic carbocycles. The van der Waals surface area contributed by atoms with Gasteiger partial charge in [-0.3, -0.25) is 9.48 Å². The zero-order valence-electron chi connectivity index (χ0n) is 16.1. The number of nitrogens with zero attached hydrogens (tertiary/aromatic N) is 2. The molecule has 30 heavy (non-hydrogen) atoms. The lowest BCUT2D eigenvalue weighted by molar-refractivity contribution is -0.0404. The maximum atomic E-state index is 14.3. The summed E-state index contributed by atoms with van der Waals surface area (Å²) in [6.07, 6.45) is -0.421. The zero-order chi connectivity index (χ0) is 21.6. The highest BCUT2D eigenvalue weighted by Crippen LogP contribution is 2.44. The Hall–Kier alpha value is -3.36. The summed E-state index contributed by atoms with van der Waals surface area (Å²) in [6, 6.07) is 7.45. The van der Waals surface area contributed by atoms with E-state index in [9.17, 15) is 22.4 Å². The molecule has 0 fully saturated rings. The van der Waals surface area contributed by atoms with Gasteiger partial charge in [-0.05, 0) is 42.8 Å². The van der Waals surface area contributed by atoms with Gasteiger partial charge in [-0.15, -0.1) is 0 Å². The highest BCUT2D eigenvalue weighted by atomic mass is 19.3. The van der Waals surface area contributed by atoms with Crippen LogP contribution in [0.4, 0.5) is 23.2 Å². The molecule has 1 aliphatic rings. The number of nitrogens with one attached hydrogen (secondary N) is 1. The van der Waals surface area contributed by atoms with E-state index in [1.165, 1.54) is 28.9 Å². The van der Waals surface area contributed by atoms with Gasteiger partial charge in [-0.25, -0.2) is 17.6 Å². The topological polar surface area (TPSA) is 56.2 Å². The lowest BCUT2D eigenvalue weighted by Crippen LogP contribution is -2.24. The Morgan fingerprint density at radius 3 is 2.60 bits per heavy atom. The number of carbonyl (C=O) groups is 1. The molecule has 1 N–H and O–H groups in total. The number of aryl methyl sites for hydroxylation is 2. The summed E-state index contributed by atoms with van der Waals surface area (Å²) < 4.78 is 63.0. The van der Waals surface area contributed by atoms with Crippen molar-refractivity contribution >= 4 is 11.6 Å². The maximum Gasteiger partial charge on any atom is 0.280 e. The van der Waals surface area contributed by atoms with Crippen LogP contribution in [0.5, 0.6) is 5.75 Å². The molecule has 3 aromatic rings. The van der Waals surface area contributed by atoms with E-state index >= 15 is 0 Å². The number of hydrogen-bond donors (Lipinski definition) is 1. The third-order valence-electron chi connectivity index (χ3n) is 4.98. The van der Waals surface area contributed by atoms with Gasteiger partial charge < -0.3 is 10.1 Å². The molecule has 0 saturated carbocycles. The second kappa shape index (κ2) is 7.16. The van der Waals surface area contributed by atoms with Gasteiger partial charge in [0.1, 0.15) is 23.1 Å². The predicted molar refractivity (Wildman–Crippen MR) is 102 cm³/mol. The predicted octanol–water partition coefficient (Wildman–Crippen LogP) is 4.80. The van der Waals surface area contributed by atoms with Gasteiger partial charge in [-0.2, -0.15) is 5.10 Å². The van der Waals surface area contributed by atoms with Gasteiger partial charge in [0.15, 0.2) is 5.69 Å². The van der Waals surface area contributed by atoms with Crippen LogP contribution in [0.3, 0.4) is 0 Å². The number of benzene rings is 2. The van der Waals surface area contributed by atoms with Crippen molar-refractivity contribution in [2.24, 2.45) is 7.05 Å². The van der Waals surface area contributed by atoms with E-state index in [1.54, 1.807) is 14.0 Å². The van der Waals surface area contributed by atoms with Crippen LogP contribution in [-0.2, 0) is 13.0 Å².